The first-order valence-corrected chi connectivity index (χ1v) is 8.84. The highest BCUT2D eigenvalue weighted by Crippen LogP contribution is 2.36. The van der Waals surface area contributed by atoms with Crippen LogP contribution in [0.5, 0.6) is 0 Å². The van der Waals surface area contributed by atoms with Crippen LogP contribution in [0.25, 0.3) is 5.69 Å². The van der Waals surface area contributed by atoms with Crippen molar-refractivity contribution >= 4 is 15.7 Å². The Hall–Kier alpha value is -1.82. The van der Waals surface area contributed by atoms with Gasteiger partial charge in [-0.1, -0.05) is 24.6 Å². The minimum absolute atomic E-state index is 0.245. The molecule has 1 fully saturated rings. The van der Waals surface area contributed by atoms with Gasteiger partial charge in [0, 0.05) is 5.56 Å². The normalized spacial score (nSPS) is 21.3. The summed E-state index contributed by atoms with van der Waals surface area (Å²) >= 11 is 0. The summed E-state index contributed by atoms with van der Waals surface area (Å²) in [5.74, 6) is 0.756. The quantitative estimate of drug-likeness (QED) is 0.924. The summed E-state index contributed by atoms with van der Waals surface area (Å²) in [5, 5.41) is 4.00. The second-order valence-electron chi connectivity index (χ2n) is 5.49. The Morgan fingerprint density at radius 3 is 2.62 bits per heavy atom. The van der Waals surface area contributed by atoms with Crippen molar-refractivity contribution in [3.8, 4) is 5.69 Å². The van der Waals surface area contributed by atoms with Gasteiger partial charge in [-0.15, -0.1) is 0 Å². The van der Waals surface area contributed by atoms with Gasteiger partial charge in [-0.25, -0.2) is 13.1 Å². The van der Waals surface area contributed by atoms with Crippen molar-refractivity contribution in [3.05, 3.63) is 41.6 Å². The number of hydrogen-bond acceptors (Lipinski definition) is 4. The van der Waals surface area contributed by atoms with E-state index >= 15 is 0 Å². The monoisotopic (exact) mass is 305 g/mol. The molecule has 1 saturated heterocycles. The number of para-hydroxylation sites is 1. The van der Waals surface area contributed by atoms with Crippen molar-refractivity contribution < 1.29 is 8.42 Å². The molecule has 6 heteroatoms. The fraction of sp³-hybridized carbons (Fsp3) is 0.400. The number of anilines is 1. The Morgan fingerprint density at radius 1 is 1.24 bits per heavy atom. The summed E-state index contributed by atoms with van der Waals surface area (Å²) in [6, 6.07) is 9.54. The van der Waals surface area contributed by atoms with E-state index in [1.165, 1.54) is 0 Å². The third kappa shape index (κ3) is 2.44. The number of nitrogens with two attached hydrogens (primary N) is 1. The number of rotatable bonds is 2. The maximum Gasteiger partial charge on any atom is 0.158 e. The molecule has 112 valence electrons. The van der Waals surface area contributed by atoms with Crippen molar-refractivity contribution in [2.45, 2.75) is 31.4 Å². The molecule has 2 heterocycles. The lowest BCUT2D eigenvalue weighted by atomic mass is 10.1. The molecule has 1 aromatic carbocycles. The third-order valence-corrected chi connectivity index (χ3v) is 6.27. The van der Waals surface area contributed by atoms with Crippen LogP contribution in [0.3, 0.4) is 0 Å². The topological polar surface area (TPSA) is 78.0 Å². The van der Waals surface area contributed by atoms with Crippen LogP contribution in [-0.4, -0.2) is 24.0 Å². The van der Waals surface area contributed by atoms with Gasteiger partial charge in [-0.3, -0.25) is 0 Å². The van der Waals surface area contributed by atoms with Crippen LogP contribution >= 0.6 is 0 Å². The summed E-state index contributed by atoms with van der Waals surface area (Å²) in [7, 11) is -3.12. The van der Waals surface area contributed by atoms with Crippen molar-refractivity contribution in [1.29, 1.82) is 0 Å². The van der Waals surface area contributed by atoms with Gasteiger partial charge in [-0.2, -0.15) is 5.10 Å². The van der Waals surface area contributed by atoms with E-state index in [1.807, 2.05) is 37.3 Å². The predicted octanol–water partition coefficient (Wildman–Crippen LogP) is 2.40. The van der Waals surface area contributed by atoms with Crippen molar-refractivity contribution in [3.63, 3.8) is 0 Å². The molecular formula is C15H19N3O2S. The van der Waals surface area contributed by atoms with E-state index in [9.17, 15) is 8.42 Å². The lowest BCUT2D eigenvalue weighted by Gasteiger charge is -2.21. The summed E-state index contributed by atoms with van der Waals surface area (Å²) in [5.41, 5.74) is 8.36. The zero-order valence-corrected chi connectivity index (χ0v) is 12.8. The predicted molar refractivity (Wildman–Crippen MR) is 83.1 cm³/mol. The largest absolute Gasteiger partial charge is 0.383 e. The molecule has 1 atom stereocenters. The number of aromatic nitrogens is 2. The number of hydrogen-bond donors (Lipinski definition) is 1. The molecule has 1 aliphatic rings. The van der Waals surface area contributed by atoms with E-state index in [2.05, 4.69) is 5.10 Å². The molecule has 2 N–H and O–H groups in total. The smallest absolute Gasteiger partial charge is 0.158 e. The zero-order chi connectivity index (χ0) is 15.0. The van der Waals surface area contributed by atoms with Crippen molar-refractivity contribution in [2.24, 2.45) is 0 Å². The average molecular weight is 305 g/mol. The Labute approximate surface area is 124 Å². The van der Waals surface area contributed by atoms with Gasteiger partial charge in [0.15, 0.2) is 9.84 Å². The van der Waals surface area contributed by atoms with Crippen LogP contribution in [0, 0.1) is 6.92 Å². The van der Waals surface area contributed by atoms with Gasteiger partial charge in [0.2, 0.25) is 0 Å². The van der Waals surface area contributed by atoms with E-state index < -0.39 is 15.1 Å². The molecule has 5 nitrogen and oxygen atoms in total. The average Bonchev–Trinajstić information content (AvgIpc) is 2.76. The number of nitrogen functional groups attached to an aromatic ring is 1. The molecule has 2 aromatic rings. The lowest BCUT2D eigenvalue weighted by Crippen LogP contribution is -2.22. The van der Waals surface area contributed by atoms with Gasteiger partial charge < -0.3 is 5.73 Å². The summed E-state index contributed by atoms with van der Waals surface area (Å²) < 4.78 is 26.2. The minimum Gasteiger partial charge on any atom is -0.383 e. The Balaban J connectivity index is 2.09. The molecule has 21 heavy (non-hydrogen) atoms. The fourth-order valence-electron chi connectivity index (χ4n) is 2.86. The van der Waals surface area contributed by atoms with Crippen molar-refractivity contribution in [1.82, 2.24) is 9.78 Å². The van der Waals surface area contributed by atoms with Crippen molar-refractivity contribution in [2.75, 3.05) is 11.5 Å². The van der Waals surface area contributed by atoms with Crippen LogP contribution in [0.15, 0.2) is 30.3 Å². The van der Waals surface area contributed by atoms with Crippen LogP contribution < -0.4 is 5.73 Å². The molecular weight excluding hydrogens is 286 g/mol. The molecule has 1 unspecified atom stereocenters. The highest BCUT2D eigenvalue weighted by atomic mass is 32.2. The highest BCUT2D eigenvalue weighted by molar-refractivity contribution is 7.91. The summed E-state index contributed by atoms with van der Waals surface area (Å²) in [6.45, 7) is 1.85. The molecule has 0 bridgehead atoms. The fourth-order valence-corrected chi connectivity index (χ4v) is 4.84. The minimum atomic E-state index is -3.12. The number of sulfone groups is 1. The Bertz CT molecular complexity index is 751. The second kappa shape index (κ2) is 5.18. The lowest BCUT2D eigenvalue weighted by molar-refractivity contribution is 0.540. The zero-order valence-electron chi connectivity index (χ0n) is 12.0. The molecule has 0 saturated carbocycles. The number of nitrogens with zero attached hydrogens (tertiary/aromatic N) is 2. The van der Waals surface area contributed by atoms with E-state index in [4.69, 9.17) is 5.73 Å². The van der Waals surface area contributed by atoms with Gasteiger partial charge >= 0.3 is 0 Å². The van der Waals surface area contributed by atoms with E-state index in [0.29, 0.717) is 17.9 Å². The maximum absolute atomic E-state index is 12.3. The molecule has 1 aromatic heterocycles. The summed E-state index contributed by atoms with van der Waals surface area (Å²) in [6.07, 6.45) is 2.29. The Kier molecular flexibility index (Phi) is 3.49. The molecule has 3 rings (SSSR count). The molecule has 0 radical (unpaired) electrons. The van der Waals surface area contributed by atoms with E-state index in [-0.39, 0.29) is 5.75 Å². The van der Waals surface area contributed by atoms with Crippen LogP contribution in [0.1, 0.15) is 35.8 Å². The standard InChI is InChI=1S/C15H19N3O2S/c1-11-14(13-9-5-6-10-21(13,19)20)17-18(15(11)16)12-7-3-2-4-8-12/h2-4,7-8,13H,5-6,9-10,16H2,1H3. The highest BCUT2D eigenvalue weighted by Gasteiger charge is 2.34. The first-order chi connectivity index (χ1) is 10.0. The van der Waals surface area contributed by atoms with Crippen LogP contribution in [0.2, 0.25) is 0 Å². The van der Waals surface area contributed by atoms with Gasteiger partial charge in [0.05, 0.1) is 17.1 Å². The van der Waals surface area contributed by atoms with Crippen LogP contribution in [-0.2, 0) is 9.84 Å². The molecule has 1 aliphatic heterocycles. The summed E-state index contributed by atoms with van der Waals surface area (Å²) in [4.78, 5) is 0. The van der Waals surface area contributed by atoms with Gasteiger partial charge in [0.25, 0.3) is 0 Å². The second-order valence-corrected chi connectivity index (χ2v) is 7.80. The van der Waals surface area contributed by atoms with Crippen LogP contribution in [0.4, 0.5) is 5.82 Å². The SMILES string of the molecule is Cc1c(C2CCCCS2(=O)=O)nn(-c2ccccc2)c1N. The van der Waals surface area contributed by atoms with Gasteiger partial charge in [-0.05, 0) is 31.9 Å². The molecule has 0 aliphatic carbocycles. The molecule has 0 amide bonds. The first-order valence-electron chi connectivity index (χ1n) is 7.12. The van der Waals surface area contributed by atoms with E-state index in [1.54, 1.807) is 4.68 Å². The molecule has 0 spiro atoms. The Morgan fingerprint density at radius 2 is 1.95 bits per heavy atom. The van der Waals surface area contributed by atoms with E-state index in [0.717, 1.165) is 24.1 Å². The first kappa shape index (κ1) is 14.1. The number of benzene rings is 1. The third-order valence-electron chi connectivity index (χ3n) is 4.09. The van der Waals surface area contributed by atoms with Gasteiger partial charge in [0.1, 0.15) is 11.1 Å². The maximum atomic E-state index is 12.3.